The third-order valence-electron chi connectivity index (χ3n) is 6.57. The topological polar surface area (TPSA) is 64.1 Å². The Kier molecular flexibility index (Phi) is 6.16. The molecule has 0 saturated heterocycles. The SMILES string of the molecule is O=C(Cc1ccc2cccc(C(F)(F)F)c2c1)[C@@H]1CC1c1ccc(S(=O)(=O)Cc2ccccn2)cc1. The van der Waals surface area contributed by atoms with Crippen LogP contribution in [0.15, 0.2) is 90.0 Å². The van der Waals surface area contributed by atoms with E-state index < -0.39 is 21.6 Å². The molecule has 1 aliphatic rings. The van der Waals surface area contributed by atoms with Crippen LogP contribution >= 0.6 is 0 Å². The lowest BCUT2D eigenvalue weighted by atomic mass is 9.97. The number of sulfone groups is 1. The number of pyridine rings is 1. The Labute approximate surface area is 206 Å². The van der Waals surface area contributed by atoms with E-state index in [1.54, 1.807) is 66.9 Å². The molecule has 1 heterocycles. The number of nitrogens with zero attached hydrogens (tertiary/aromatic N) is 1. The second-order valence-electron chi connectivity index (χ2n) is 9.10. The Hall–Kier alpha value is -3.52. The molecule has 1 saturated carbocycles. The van der Waals surface area contributed by atoms with Crippen molar-refractivity contribution in [1.29, 1.82) is 0 Å². The zero-order valence-electron chi connectivity index (χ0n) is 19.1. The molecule has 2 atom stereocenters. The molecule has 0 bridgehead atoms. The van der Waals surface area contributed by atoms with Gasteiger partial charge in [-0.15, -0.1) is 0 Å². The summed E-state index contributed by atoms with van der Waals surface area (Å²) in [6.07, 6.45) is -2.23. The summed E-state index contributed by atoms with van der Waals surface area (Å²) in [6, 6.07) is 20.5. The highest BCUT2D eigenvalue weighted by molar-refractivity contribution is 7.90. The van der Waals surface area contributed by atoms with Gasteiger partial charge in [0.05, 0.1) is 21.9 Å². The monoisotopic (exact) mass is 509 g/mol. The lowest BCUT2D eigenvalue weighted by Crippen LogP contribution is -2.08. The van der Waals surface area contributed by atoms with Crippen molar-refractivity contribution in [1.82, 2.24) is 4.98 Å². The predicted molar refractivity (Wildman–Crippen MR) is 130 cm³/mol. The molecule has 0 aliphatic heterocycles. The van der Waals surface area contributed by atoms with Gasteiger partial charge in [-0.05, 0) is 64.6 Å². The lowest BCUT2D eigenvalue weighted by Gasteiger charge is -2.11. The quantitative estimate of drug-likeness (QED) is 0.300. The Morgan fingerprint density at radius 3 is 2.42 bits per heavy atom. The molecule has 184 valence electrons. The highest BCUT2D eigenvalue weighted by Gasteiger charge is 2.43. The molecule has 1 aromatic heterocycles. The first-order valence-corrected chi connectivity index (χ1v) is 13.1. The molecular formula is C28H22F3NO3S. The smallest absolute Gasteiger partial charge is 0.299 e. The summed E-state index contributed by atoms with van der Waals surface area (Å²) in [4.78, 5) is 17.1. The van der Waals surface area contributed by atoms with Crippen molar-refractivity contribution in [2.24, 2.45) is 5.92 Å². The molecular weight excluding hydrogens is 487 g/mol. The average Bonchev–Trinajstić information content (AvgIpc) is 3.65. The Morgan fingerprint density at radius 2 is 1.72 bits per heavy atom. The highest BCUT2D eigenvalue weighted by Crippen LogP contribution is 2.48. The van der Waals surface area contributed by atoms with Crippen molar-refractivity contribution in [3.63, 3.8) is 0 Å². The van der Waals surface area contributed by atoms with E-state index in [0.29, 0.717) is 23.1 Å². The summed E-state index contributed by atoms with van der Waals surface area (Å²) < 4.78 is 65.6. The third kappa shape index (κ3) is 5.04. The van der Waals surface area contributed by atoms with E-state index in [2.05, 4.69) is 4.98 Å². The van der Waals surface area contributed by atoms with E-state index in [4.69, 9.17) is 0 Å². The molecule has 4 aromatic rings. The van der Waals surface area contributed by atoms with E-state index in [9.17, 15) is 26.4 Å². The predicted octanol–water partition coefficient (Wildman–Crippen LogP) is 6.14. The molecule has 0 radical (unpaired) electrons. The van der Waals surface area contributed by atoms with Gasteiger partial charge in [0.25, 0.3) is 0 Å². The molecule has 8 heteroatoms. The van der Waals surface area contributed by atoms with E-state index in [1.165, 1.54) is 12.1 Å². The molecule has 1 aliphatic carbocycles. The molecule has 5 rings (SSSR count). The number of hydrogen-bond donors (Lipinski definition) is 0. The van der Waals surface area contributed by atoms with Crippen LogP contribution in [0.2, 0.25) is 0 Å². The normalized spacial score (nSPS) is 17.8. The molecule has 0 spiro atoms. The van der Waals surface area contributed by atoms with Gasteiger partial charge in [0, 0.05) is 18.5 Å². The van der Waals surface area contributed by atoms with Gasteiger partial charge in [0.1, 0.15) is 5.78 Å². The number of aromatic nitrogens is 1. The van der Waals surface area contributed by atoms with Gasteiger partial charge in [0.2, 0.25) is 0 Å². The zero-order chi connectivity index (χ0) is 25.5. The molecule has 0 amide bonds. The van der Waals surface area contributed by atoms with Crippen molar-refractivity contribution in [3.05, 3.63) is 107 Å². The van der Waals surface area contributed by atoms with Crippen LogP contribution in [0.4, 0.5) is 13.2 Å². The van der Waals surface area contributed by atoms with E-state index >= 15 is 0 Å². The number of Topliss-reactive ketones (excluding diaryl/α,β-unsaturated/α-hetero) is 1. The van der Waals surface area contributed by atoms with Crippen LogP contribution in [0.3, 0.4) is 0 Å². The van der Waals surface area contributed by atoms with Crippen molar-refractivity contribution in [3.8, 4) is 0 Å². The first kappa shape index (κ1) is 24.2. The van der Waals surface area contributed by atoms with E-state index in [0.717, 1.165) is 11.6 Å². The molecule has 4 nitrogen and oxygen atoms in total. The van der Waals surface area contributed by atoms with Gasteiger partial charge >= 0.3 is 6.18 Å². The van der Waals surface area contributed by atoms with Crippen molar-refractivity contribution < 1.29 is 26.4 Å². The fraction of sp³-hybridized carbons (Fsp3) is 0.214. The maximum atomic E-state index is 13.4. The van der Waals surface area contributed by atoms with Gasteiger partial charge in [-0.25, -0.2) is 8.42 Å². The molecule has 1 fully saturated rings. The maximum absolute atomic E-state index is 13.4. The van der Waals surface area contributed by atoms with Gasteiger partial charge in [-0.3, -0.25) is 9.78 Å². The number of carbonyl (C=O) groups excluding carboxylic acids is 1. The minimum absolute atomic E-state index is 0.0174. The number of rotatable bonds is 7. The lowest BCUT2D eigenvalue weighted by molar-refractivity contribution is -0.136. The second kappa shape index (κ2) is 9.17. The number of hydrogen-bond acceptors (Lipinski definition) is 4. The number of carbonyl (C=O) groups is 1. The summed E-state index contributed by atoms with van der Waals surface area (Å²) in [5.41, 5.74) is 1.18. The fourth-order valence-electron chi connectivity index (χ4n) is 4.61. The molecule has 1 unspecified atom stereocenters. The van der Waals surface area contributed by atoms with Gasteiger partial charge < -0.3 is 0 Å². The van der Waals surface area contributed by atoms with E-state index in [-0.39, 0.29) is 40.1 Å². The molecule has 0 N–H and O–H groups in total. The summed E-state index contributed by atoms with van der Waals surface area (Å²) in [7, 11) is -3.55. The van der Waals surface area contributed by atoms with Crippen LogP contribution < -0.4 is 0 Å². The van der Waals surface area contributed by atoms with Gasteiger partial charge in [0.15, 0.2) is 9.84 Å². The summed E-state index contributed by atoms with van der Waals surface area (Å²) in [5.74, 6) is -0.471. The van der Waals surface area contributed by atoms with Crippen molar-refractivity contribution >= 4 is 26.4 Å². The number of fused-ring (bicyclic) bond motifs is 1. The standard InChI is InChI=1S/C28H22F3NO3S/c29-28(30,31)26-6-3-4-19-8-7-18(14-24(19)26)15-27(33)25-16-23(25)20-9-11-22(12-10-20)36(34,35)17-21-5-1-2-13-32-21/h1-14,23,25H,15-17H2/t23?,25-/m1/s1. The van der Waals surface area contributed by atoms with Gasteiger partial charge in [-0.1, -0.05) is 48.5 Å². The first-order valence-electron chi connectivity index (χ1n) is 11.5. The summed E-state index contributed by atoms with van der Waals surface area (Å²) in [5, 5.41) is 0.563. The van der Waals surface area contributed by atoms with Crippen LogP contribution in [-0.2, 0) is 33.0 Å². The maximum Gasteiger partial charge on any atom is 0.417 e. The van der Waals surface area contributed by atoms with Crippen LogP contribution in [0.5, 0.6) is 0 Å². The van der Waals surface area contributed by atoms with E-state index in [1.807, 2.05) is 0 Å². The Balaban J connectivity index is 1.27. The minimum Gasteiger partial charge on any atom is -0.299 e. The second-order valence-corrected chi connectivity index (χ2v) is 11.1. The number of benzene rings is 3. The third-order valence-corrected chi connectivity index (χ3v) is 8.23. The molecule has 3 aromatic carbocycles. The van der Waals surface area contributed by atoms with Crippen molar-refractivity contribution in [2.45, 2.75) is 35.6 Å². The Bertz CT molecular complexity index is 1530. The van der Waals surface area contributed by atoms with Gasteiger partial charge in [-0.2, -0.15) is 13.2 Å². The average molecular weight is 510 g/mol. The molecule has 36 heavy (non-hydrogen) atoms. The number of halogens is 3. The van der Waals surface area contributed by atoms with Crippen LogP contribution in [0, 0.1) is 5.92 Å². The summed E-state index contributed by atoms with van der Waals surface area (Å²) >= 11 is 0. The largest absolute Gasteiger partial charge is 0.417 e. The summed E-state index contributed by atoms with van der Waals surface area (Å²) in [6.45, 7) is 0. The number of ketones is 1. The van der Waals surface area contributed by atoms with Crippen LogP contribution in [-0.4, -0.2) is 19.2 Å². The number of alkyl halides is 3. The minimum atomic E-state index is -4.47. The van der Waals surface area contributed by atoms with Crippen molar-refractivity contribution in [2.75, 3.05) is 0 Å². The fourth-order valence-corrected chi connectivity index (χ4v) is 5.89. The van der Waals surface area contributed by atoms with Crippen LogP contribution in [0.25, 0.3) is 10.8 Å². The zero-order valence-corrected chi connectivity index (χ0v) is 19.9. The first-order chi connectivity index (χ1) is 17.1. The van der Waals surface area contributed by atoms with Crippen LogP contribution in [0.1, 0.15) is 34.7 Å². The highest BCUT2D eigenvalue weighted by atomic mass is 32.2. The Morgan fingerprint density at radius 1 is 0.944 bits per heavy atom.